The quantitative estimate of drug-likeness (QED) is 0.698. The summed E-state index contributed by atoms with van der Waals surface area (Å²) in [5.74, 6) is 0.202. The van der Waals surface area contributed by atoms with Crippen molar-refractivity contribution in [3.63, 3.8) is 0 Å². The first-order valence-corrected chi connectivity index (χ1v) is 5.10. The Balaban J connectivity index is 2.34. The van der Waals surface area contributed by atoms with Gasteiger partial charge in [0.05, 0.1) is 6.42 Å². The fourth-order valence-electron chi connectivity index (χ4n) is 1.97. The van der Waals surface area contributed by atoms with Crippen molar-refractivity contribution in [1.29, 1.82) is 0 Å². The molecule has 1 aromatic rings. The Hall–Kier alpha value is -1.31. The van der Waals surface area contributed by atoms with Gasteiger partial charge in [-0.15, -0.1) is 0 Å². The van der Waals surface area contributed by atoms with Crippen molar-refractivity contribution in [2.75, 3.05) is 11.9 Å². The summed E-state index contributed by atoms with van der Waals surface area (Å²) in [6.07, 6.45) is 2.83. The van der Waals surface area contributed by atoms with Crippen molar-refractivity contribution in [2.45, 2.75) is 26.2 Å². The molecular weight excluding hydrogens is 174 g/mol. The lowest BCUT2D eigenvalue weighted by Crippen LogP contribution is -2.20. The van der Waals surface area contributed by atoms with Gasteiger partial charge in [0.25, 0.3) is 0 Å². The van der Waals surface area contributed by atoms with E-state index in [1.54, 1.807) is 4.90 Å². The first-order chi connectivity index (χ1) is 6.72. The standard InChI is InChI=1S/C12H15NO/c1-3-4-9-5-6-11-10(7-9)8-12(14)13(11)2/h5-7H,3-4,8H2,1-2H3. The van der Waals surface area contributed by atoms with Crippen LogP contribution in [0.4, 0.5) is 5.69 Å². The van der Waals surface area contributed by atoms with Gasteiger partial charge in [0.2, 0.25) is 5.91 Å². The minimum absolute atomic E-state index is 0.202. The highest BCUT2D eigenvalue weighted by Gasteiger charge is 2.23. The fourth-order valence-corrected chi connectivity index (χ4v) is 1.97. The van der Waals surface area contributed by atoms with Crippen LogP contribution in [0, 0.1) is 0 Å². The van der Waals surface area contributed by atoms with Crippen molar-refractivity contribution in [3.05, 3.63) is 29.3 Å². The minimum Gasteiger partial charge on any atom is -0.315 e. The van der Waals surface area contributed by atoms with Crippen LogP contribution in [-0.2, 0) is 17.6 Å². The zero-order valence-corrected chi connectivity index (χ0v) is 8.71. The van der Waals surface area contributed by atoms with E-state index in [2.05, 4.69) is 25.1 Å². The van der Waals surface area contributed by atoms with E-state index in [0.717, 1.165) is 18.5 Å². The van der Waals surface area contributed by atoms with Gasteiger partial charge in [-0.05, 0) is 23.6 Å². The number of amides is 1. The fraction of sp³-hybridized carbons (Fsp3) is 0.417. The van der Waals surface area contributed by atoms with E-state index in [4.69, 9.17) is 0 Å². The van der Waals surface area contributed by atoms with Crippen LogP contribution in [0.5, 0.6) is 0 Å². The normalized spacial score (nSPS) is 14.7. The number of rotatable bonds is 2. The van der Waals surface area contributed by atoms with E-state index in [1.807, 2.05) is 7.05 Å². The topological polar surface area (TPSA) is 20.3 Å². The molecule has 2 rings (SSSR count). The molecule has 2 heteroatoms. The average molecular weight is 189 g/mol. The van der Waals surface area contributed by atoms with Gasteiger partial charge in [-0.2, -0.15) is 0 Å². The predicted molar refractivity (Wildman–Crippen MR) is 57.6 cm³/mol. The summed E-state index contributed by atoms with van der Waals surface area (Å²) in [5.41, 5.74) is 3.60. The average Bonchev–Trinajstić information content (AvgIpc) is 2.43. The number of hydrogen-bond acceptors (Lipinski definition) is 1. The molecule has 0 aliphatic carbocycles. The SMILES string of the molecule is CCCc1ccc2c(c1)CC(=O)N2C. The lowest BCUT2D eigenvalue weighted by molar-refractivity contribution is -0.117. The van der Waals surface area contributed by atoms with E-state index in [0.29, 0.717) is 6.42 Å². The Kier molecular flexibility index (Phi) is 2.28. The van der Waals surface area contributed by atoms with Crippen LogP contribution in [0.3, 0.4) is 0 Å². The van der Waals surface area contributed by atoms with Gasteiger partial charge in [0.15, 0.2) is 0 Å². The molecule has 0 spiro atoms. The third-order valence-corrected chi connectivity index (χ3v) is 2.76. The second-order valence-corrected chi connectivity index (χ2v) is 3.84. The van der Waals surface area contributed by atoms with E-state index in [9.17, 15) is 4.79 Å². The van der Waals surface area contributed by atoms with Gasteiger partial charge >= 0.3 is 0 Å². The Morgan fingerprint density at radius 2 is 2.21 bits per heavy atom. The Labute approximate surface area is 84.5 Å². The summed E-state index contributed by atoms with van der Waals surface area (Å²) < 4.78 is 0. The van der Waals surface area contributed by atoms with E-state index >= 15 is 0 Å². The van der Waals surface area contributed by atoms with E-state index in [-0.39, 0.29) is 5.91 Å². The van der Waals surface area contributed by atoms with Gasteiger partial charge in [-0.25, -0.2) is 0 Å². The van der Waals surface area contributed by atoms with Crippen molar-refractivity contribution >= 4 is 11.6 Å². The van der Waals surface area contributed by atoms with E-state index < -0.39 is 0 Å². The molecule has 0 atom stereocenters. The molecule has 0 aromatic heterocycles. The van der Waals surface area contributed by atoms with Crippen LogP contribution in [0.1, 0.15) is 24.5 Å². The molecule has 0 N–H and O–H groups in total. The summed E-state index contributed by atoms with van der Waals surface area (Å²) in [6.45, 7) is 2.17. The van der Waals surface area contributed by atoms with Crippen molar-refractivity contribution < 1.29 is 4.79 Å². The molecular formula is C12H15NO. The maximum atomic E-state index is 11.4. The highest BCUT2D eigenvalue weighted by Crippen LogP contribution is 2.28. The summed E-state index contributed by atoms with van der Waals surface area (Å²) >= 11 is 0. The van der Waals surface area contributed by atoms with Crippen LogP contribution < -0.4 is 4.90 Å². The monoisotopic (exact) mass is 189 g/mol. The number of aryl methyl sites for hydroxylation is 1. The van der Waals surface area contributed by atoms with E-state index in [1.165, 1.54) is 11.1 Å². The van der Waals surface area contributed by atoms with Crippen LogP contribution in [0.15, 0.2) is 18.2 Å². The number of benzene rings is 1. The maximum Gasteiger partial charge on any atom is 0.231 e. The van der Waals surface area contributed by atoms with Gasteiger partial charge in [-0.3, -0.25) is 4.79 Å². The highest BCUT2D eigenvalue weighted by molar-refractivity contribution is 6.00. The second kappa shape index (κ2) is 3.45. The van der Waals surface area contributed by atoms with Crippen molar-refractivity contribution in [1.82, 2.24) is 0 Å². The summed E-state index contributed by atoms with van der Waals surface area (Å²) in [6, 6.07) is 6.35. The summed E-state index contributed by atoms with van der Waals surface area (Å²) in [4.78, 5) is 13.2. The van der Waals surface area contributed by atoms with Crippen molar-refractivity contribution in [2.24, 2.45) is 0 Å². The molecule has 0 saturated heterocycles. The van der Waals surface area contributed by atoms with Crippen LogP contribution in [-0.4, -0.2) is 13.0 Å². The maximum absolute atomic E-state index is 11.4. The third kappa shape index (κ3) is 1.41. The molecule has 0 saturated carbocycles. The van der Waals surface area contributed by atoms with Crippen LogP contribution >= 0.6 is 0 Å². The molecule has 1 heterocycles. The lowest BCUT2D eigenvalue weighted by atomic mass is 10.1. The summed E-state index contributed by atoms with van der Waals surface area (Å²) in [5, 5.41) is 0. The number of carbonyl (C=O) groups excluding carboxylic acids is 1. The smallest absolute Gasteiger partial charge is 0.231 e. The van der Waals surface area contributed by atoms with Crippen LogP contribution in [0.2, 0.25) is 0 Å². The number of anilines is 1. The first-order valence-electron chi connectivity index (χ1n) is 5.10. The first kappa shape index (κ1) is 9.25. The minimum atomic E-state index is 0.202. The lowest BCUT2D eigenvalue weighted by Gasteiger charge is -2.10. The molecule has 1 aromatic carbocycles. The third-order valence-electron chi connectivity index (χ3n) is 2.76. The highest BCUT2D eigenvalue weighted by atomic mass is 16.2. The predicted octanol–water partition coefficient (Wildman–Crippen LogP) is 2.16. The van der Waals surface area contributed by atoms with Gasteiger partial charge < -0.3 is 4.90 Å². The summed E-state index contributed by atoms with van der Waals surface area (Å²) in [7, 11) is 1.84. The molecule has 74 valence electrons. The molecule has 0 bridgehead atoms. The number of fused-ring (bicyclic) bond motifs is 1. The largest absolute Gasteiger partial charge is 0.315 e. The van der Waals surface area contributed by atoms with Gasteiger partial charge in [-0.1, -0.05) is 25.5 Å². The van der Waals surface area contributed by atoms with Crippen molar-refractivity contribution in [3.8, 4) is 0 Å². The van der Waals surface area contributed by atoms with Gasteiger partial charge in [0, 0.05) is 12.7 Å². The Morgan fingerprint density at radius 3 is 2.93 bits per heavy atom. The second-order valence-electron chi connectivity index (χ2n) is 3.84. The zero-order valence-electron chi connectivity index (χ0n) is 8.71. The van der Waals surface area contributed by atoms with Crippen LogP contribution in [0.25, 0.3) is 0 Å². The molecule has 1 amide bonds. The van der Waals surface area contributed by atoms with Gasteiger partial charge in [0.1, 0.15) is 0 Å². The Bertz CT molecular complexity index is 371. The molecule has 0 radical (unpaired) electrons. The Morgan fingerprint density at radius 1 is 1.43 bits per heavy atom. The number of hydrogen-bond donors (Lipinski definition) is 0. The number of likely N-dealkylation sites (N-methyl/N-ethyl adjacent to an activating group) is 1. The molecule has 0 unspecified atom stereocenters. The molecule has 0 fully saturated rings. The zero-order chi connectivity index (χ0) is 10.1. The molecule has 2 nitrogen and oxygen atoms in total. The molecule has 1 aliphatic heterocycles. The number of carbonyl (C=O) groups is 1. The number of nitrogens with zero attached hydrogens (tertiary/aromatic N) is 1. The molecule has 14 heavy (non-hydrogen) atoms. The molecule has 1 aliphatic rings.